The first kappa shape index (κ1) is 7.74. The topological polar surface area (TPSA) is 0 Å². The SMILES string of the molecule is [CH2]C(C)C=C(C)CC. The second kappa shape index (κ2) is 3.71. The molecule has 1 atom stereocenters. The fraction of sp³-hybridized carbons (Fsp3) is 0.625. The molecule has 0 aliphatic heterocycles. The molecule has 0 amide bonds. The lowest BCUT2D eigenvalue weighted by molar-refractivity contribution is 0.903. The molecule has 0 aromatic carbocycles. The van der Waals surface area contributed by atoms with Crippen LogP contribution in [0.5, 0.6) is 0 Å². The van der Waals surface area contributed by atoms with Crippen molar-refractivity contribution in [1.82, 2.24) is 0 Å². The van der Waals surface area contributed by atoms with E-state index in [1.807, 2.05) is 0 Å². The molecule has 0 heterocycles. The van der Waals surface area contributed by atoms with Gasteiger partial charge in [-0.05, 0) is 26.2 Å². The molecule has 8 heavy (non-hydrogen) atoms. The Morgan fingerprint density at radius 1 is 1.75 bits per heavy atom. The third kappa shape index (κ3) is 3.91. The van der Waals surface area contributed by atoms with Gasteiger partial charge < -0.3 is 0 Å². The van der Waals surface area contributed by atoms with Crippen molar-refractivity contribution in [2.24, 2.45) is 5.92 Å². The van der Waals surface area contributed by atoms with Crippen molar-refractivity contribution in [2.75, 3.05) is 0 Å². The lowest BCUT2D eigenvalue weighted by Crippen LogP contribution is -1.81. The molecule has 0 saturated heterocycles. The van der Waals surface area contributed by atoms with E-state index in [-0.39, 0.29) is 0 Å². The third-order valence-electron chi connectivity index (χ3n) is 1.13. The molecule has 0 nitrogen and oxygen atoms in total. The van der Waals surface area contributed by atoms with Crippen molar-refractivity contribution in [1.29, 1.82) is 0 Å². The molecule has 0 N–H and O–H groups in total. The number of hydrogen-bond acceptors (Lipinski definition) is 0. The summed E-state index contributed by atoms with van der Waals surface area (Å²) >= 11 is 0. The minimum atomic E-state index is 0.468. The molecule has 0 spiro atoms. The van der Waals surface area contributed by atoms with Crippen LogP contribution in [0.4, 0.5) is 0 Å². The average molecular weight is 111 g/mol. The summed E-state index contributed by atoms with van der Waals surface area (Å²) in [6, 6.07) is 0. The minimum absolute atomic E-state index is 0.468. The molecule has 0 bridgehead atoms. The second-order valence-corrected chi connectivity index (χ2v) is 2.34. The van der Waals surface area contributed by atoms with Gasteiger partial charge in [0.2, 0.25) is 0 Å². The first-order chi connectivity index (χ1) is 3.66. The fourth-order valence-electron chi connectivity index (χ4n) is 0.604. The van der Waals surface area contributed by atoms with Crippen molar-refractivity contribution in [3.8, 4) is 0 Å². The monoisotopic (exact) mass is 111 g/mol. The van der Waals surface area contributed by atoms with Crippen LogP contribution in [0.25, 0.3) is 0 Å². The first-order valence-corrected chi connectivity index (χ1v) is 3.17. The zero-order valence-electron chi connectivity index (χ0n) is 6.07. The summed E-state index contributed by atoms with van der Waals surface area (Å²) in [6.45, 7) is 10.2. The van der Waals surface area contributed by atoms with Crippen LogP contribution < -0.4 is 0 Å². The van der Waals surface area contributed by atoms with Crippen LogP contribution >= 0.6 is 0 Å². The van der Waals surface area contributed by atoms with Gasteiger partial charge in [-0.15, -0.1) is 0 Å². The molecule has 0 aromatic heterocycles. The Morgan fingerprint density at radius 2 is 2.25 bits per heavy atom. The van der Waals surface area contributed by atoms with Gasteiger partial charge in [-0.2, -0.15) is 0 Å². The molecule has 0 heteroatoms. The van der Waals surface area contributed by atoms with Gasteiger partial charge in [-0.3, -0.25) is 0 Å². The fourth-order valence-corrected chi connectivity index (χ4v) is 0.604. The summed E-state index contributed by atoms with van der Waals surface area (Å²) in [7, 11) is 0. The van der Waals surface area contributed by atoms with Crippen molar-refractivity contribution >= 4 is 0 Å². The highest BCUT2D eigenvalue weighted by Gasteiger charge is 1.86. The Balaban J connectivity index is 3.56. The maximum absolute atomic E-state index is 3.85. The highest BCUT2D eigenvalue weighted by molar-refractivity contribution is 4.99. The van der Waals surface area contributed by atoms with Crippen LogP contribution in [0.15, 0.2) is 11.6 Å². The summed E-state index contributed by atoms with van der Waals surface area (Å²) in [6.07, 6.45) is 3.35. The van der Waals surface area contributed by atoms with Gasteiger partial charge in [0.1, 0.15) is 0 Å². The Hall–Kier alpha value is -0.260. The summed E-state index contributed by atoms with van der Waals surface area (Å²) in [5, 5.41) is 0. The number of hydrogen-bond donors (Lipinski definition) is 0. The van der Waals surface area contributed by atoms with Gasteiger partial charge in [0.25, 0.3) is 0 Å². The van der Waals surface area contributed by atoms with Crippen LogP contribution in [0, 0.1) is 12.8 Å². The van der Waals surface area contributed by atoms with Gasteiger partial charge in [-0.25, -0.2) is 0 Å². The largest absolute Gasteiger partial charge is 0.0828 e. The smallest absolute Gasteiger partial charge is 0.0259 e. The standard InChI is InChI=1S/C8H15/c1-5-8(4)6-7(2)3/h6-7H,2,5H2,1,3-4H3. The van der Waals surface area contributed by atoms with E-state index in [2.05, 4.69) is 33.8 Å². The van der Waals surface area contributed by atoms with E-state index in [4.69, 9.17) is 0 Å². The number of allylic oxidation sites excluding steroid dienone is 2. The van der Waals surface area contributed by atoms with E-state index in [0.717, 1.165) is 6.42 Å². The Kier molecular flexibility index (Phi) is 3.59. The number of rotatable bonds is 2. The summed E-state index contributed by atoms with van der Waals surface area (Å²) in [5.74, 6) is 0.468. The Labute approximate surface area is 52.6 Å². The van der Waals surface area contributed by atoms with Gasteiger partial charge in [0, 0.05) is 0 Å². The molecule has 0 rings (SSSR count). The summed E-state index contributed by atoms with van der Waals surface area (Å²) < 4.78 is 0. The van der Waals surface area contributed by atoms with Gasteiger partial charge in [0.15, 0.2) is 0 Å². The average Bonchev–Trinajstić information content (AvgIpc) is 1.65. The highest BCUT2D eigenvalue weighted by atomic mass is 13.9. The van der Waals surface area contributed by atoms with Gasteiger partial charge in [-0.1, -0.05) is 25.5 Å². The van der Waals surface area contributed by atoms with Gasteiger partial charge in [0.05, 0.1) is 0 Å². The second-order valence-electron chi connectivity index (χ2n) is 2.34. The zero-order valence-corrected chi connectivity index (χ0v) is 6.07. The molecule has 0 aliphatic rings. The van der Waals surface area contributed by atoms with Crippen LogP contribution in [0.3, 0.4) is 0 Å². The van der Waals surface area contributed by atoms with Crippen molar-refractivity contribution in [2.45, 2.75) is 27.2 Å². The van der Waals surface area contributed by atoms with E-state index < -0.39 is 0 Å². The van der Waals surface area contributed by atoms with E-state index >= 15 is 0 Å². The van der Waals surface area contributed by atoms with Crippen LogP contribution in [-0.2, 0) is 0 Å². The van der Waals surface area contributed by atoms with E-state index in [1.165, 1.54) is 5.57 Å². The maximum Gasteiger partial charge on any atom is -0.0259 e. The van der Waals surface area contributed by atoms with Crippen molar-refractivity contribution in [3.05, 3.63) is 18.6 Å². The van der Waals surface area contributed by atoms with E-state index in [1.54, 1.807) is 0 Å². The molecule has 1 unspecified atom stereocenters. The van der Waals surface area contributed by atoms with Crippen LogP contribution in [-0.4, -0.2) is 0 Å². The quantitative estimate of drug-likeness (QED) is 0.481. The predicted molar refractivity (Wildman–Crippen MR) is 38.6 cm³/mol. The Bertz CT molecular complexity index is 78.0. The lowest BCUT2D eigenvalue weighted by Gasteiger charge is -1.96. The van der Waals surface area contributed by atoms with Crippen molar-refractivity contribution < 1.29 is 0 Å². The van der Waals surface area contributed by atoms with Crippen molar-refractivity contribution in [3.63, 3.8) is 0 Å². The molecule has 0 saturated carbocycles. The zero-order chi connectivity index (χ0) is 6.57. The summed E-state index contributed by atoms with van der Waals surface area (Å²) in [5.41, 5.74) is 1.44. The molecular formula is C8H15. The molecule has 0 aliphatic carbocycles. The minimum Gasteiger partial charge on any atom is -0.0828 e. The molecule has 1 radical (unpaired) electrons. The highest BCUT2D eigenvalue weighted by Crippen LogP contribution is 2.03. The van der Waals surface area contributed by atoms with E-state index in [9.17, 15) is 0 Å². The summed E-state index contributed by atoms with van der Waals surface area (Å²) in [4.78, 5) is 0. The molecule has 0 aromatic rings. The third-order valence-corrected chi connectivity index (χ3v) is 1.13. The Morgan fingerprint density at radius 3 is 2.38 bits per heavy atom. The lowest BCUT2D eigenvalue weighted by atomic mass is 10.1. The maximum atomic E-state index is 3.85. The molecular weight excluding hydrogens is 96.1 g/mol. The van der Waals surface area contributed by atoms with Crippen LogP contribution in [0.2, 0.25) is 0 Å². The normalized spacial score (nSPS) is 12.9. The molecule has 0 fully saturated rings. The van der Waals surface area contributed by atoms with E-state index in [0.29, 0.717) is 5.92 Å². The van der Waals surface area contributed by atoms with Gasteiger partial charge >= 0.3 is 0 Å². The van der Waals surface area contributed by atoms with Crippen LogP contribution in [0.1, 0.15) is 27.2 Å². The predicted octanol–water partition coefficient (Wildman–Crippen LogP) is 2.81. The first-order valence-electron chi connectivity index (χ1n) is 3.17. The molecule has 47 valence electrons.